The molecule has 0 saturated carbocycles. The first-order valence-electron chi connectivity index (χ1n) is 5.59. The molecule has 1 aromatic carbocycles. The van der Waals surface area contributed by atoms with Gasteiger partial charge in [0, 0.05) is 10.2 Å². The molecule has 2 nitrogen and oxygen atoms in total. The zero-order valence-corrected chi connectivity index (χ0v) is 10.8. The lowest BCUT2D eigenvalue weighted by Gasteiger charge is -2.07. The molecule has 16 heavy (non-hydrogen) atoms. The van der Waals surface area contributed by atoms with E-state index in [2.05, 4.69) is 50.8 Å². The SMILES string of the molecule is Cc1nn(-c2ccccc2Br)c2c1CCC2. The van der Waals surface area contributed by atoms with Gasteiger partial charge in [-0.1, -0.05) is 12.1 Å². The van der Waals surface area contributed by atoms with Crippen LogP contribution in [0.5, 0.6) is 0 Å². The van der Waals surface area contributed by atoms with E-state index in [1.807, 2.05) is 6.07 Å². The maximum atomic E-state index is 4.65. The summed E-state index contributed by atoms with van der Waals surface area (Å²) in [6, 6.07) is 8.26. The molecule has 0 aliphatic heterocycles. The van der Waals surface area contributed by atoms with Crippen LogP contribution in [0.15, 0.2) is 28.7 Å². The van der Waals surface area contributed by atoms with Gasteiger partial charge in [0.15, 0.2) is 0 Å². The monoisotopic (exact) mass is 276 g/mol. The lowest BCUT2D eigenvalue weighted by molar-refractivity contribution is 0.771. The molecule has 0 unspecified atom stereocenters. The molecule has 0 N–H and O–H groups in total. The summed E-state index contributed by atoms with van der Waals surface area (Å²) in [6.07, 6.45) is 3.60. The largest absolute Gasteiger partial charge is 0.236 e. The minimum absolute atomic E-state index is 1.10. The number of nitrogens with zero attached hydrogens (tertiary/aromatic N) is 2. The normalized spacial score (nSPS) is 14.1. The maximum Gasteiger partial charge on any atom is 0.0790 e. The third kappa shape index (κ3) is 1.42. The zero-order chi connectivity index (χ0) is 11.1. The Bertz CT molecular complexity index is 543. The molecule has 0 radical (unpaired) electrons. The van der Waals surface area contributed by atoms with Gasteiger partial charge in [-0.15, -0.1) is 0 Å². The molecule has 1 aliphatic rings. The Kier molecular flexibility index (Phi) is 2.36. The van der Waals surface area contributed by atoms with Crippen LogP contribution in [0.4, 0.5) is 0 Å². The average Bonchev–Trinajstić information content (AvgIpc) is 2.84. The molecule has 1 aliphatic carbocycles. The van der Waals surface area contributed by atoms with E-state index in [0.717, 1.165) is 16.6 Å². The van der Waals surface area contributed by atoms with Crippen molar-refractivity contribution in [1.82, 2.24) is 9.78 Å². The fourth-order valence-electron chi connectivity index (χ4n) is 2.44. The fraction of sp³-hybridized carbons (Fsp3) is 0.308. The highest BCUT2D eigenvalue weighted by Crippen LogP contribution is 2.29. The standard InChI is InChI=1S/C13H13BrN2/c1-9-10-5-4-8-12(10)16(15-9)13-7-3-2-6-11(13)14/h2-3,6-7H,4-5,8H2,1H3. The van der Waals surface area contributed by atoms with Gasteiger partial charge in [-0.3, -0.25) is 0 Å². The van der Waals surface area contributed by atoms with Gasteiger partial charge < -0.3 is 0 Å². The van der Waals surface area contributed by atoms with Crippen molar-refractivity contribution in [2.45, 2.75) is 26.2 Å². The second-order valence-electron chi connectivity index (χ2n) is 4.23. The van der Waals surface area contributed by atoms with Crippen LogP contribution in [-0.2, 0) is 12.8 Å². The van der Waals surface area contributed by atoms with Crippen molar-refractivity contribution >= 4 is 15.9 Å². The average molecular weight is 277 g/mol. The Hall–Kier alpha value is -1.09. The Morgan fingerprint density at radius 1 is 1.25 bits per heavy atom. The van der Waals surface area contributed by atoms with E-state index in [1.54, 1.807) is 0 Å². The zero-order valence-electron chi connectivity index (χ0n) is 9.20. The van der Waals surface area contributed by atoms with Gasteiger partial charge in [-0.25, -0.2) is 4.68 Å². The number of para-hydroxylation sites is 1. The minimum Gasteiger partial charge on any atom is -0.236 e. The second-order valence-corrected chi connectivity index (χ2v) is 5.08. The predicted molar refractivity (Wildman–Crippen MR) is 68.0 cm³/mol. The first-order chi connectivity index (χ1) is 7.77. The molecule has 0 saturated heterocycles. The Morgan fingerprint density at radius 2 is 2.06 bits per heavy atom. The number of hydrogen-bond acceptors (Lipinski definition) is 1. The predicted octanol–water partition coefficient (Wildman–Crippen LogP) is 3.43. The van der Waals surface area contributed by atoms with Gasteiger partial charge in [0.25, 0.3) is 0 Å². The minimum atomic E-state index is 1.10. The molecule has 3 rings (SSSR count). The van der Waals surface area contributed by atoms with Crippen molar-refractivity contribution in [3.8, 4) is 5.69 Å². The summed E-state index contributed by atoms with van der Waals surface area (Å²) in [7, 11) is 0. The summed E-state index contributed by atoms with van der Waals surface area (Å²) in [4.78, 5) is 0. The summed E-state index contributed by atoms with van der Waals surface area (Å²) < 4.78 is 3.20. The van der Waals surface area contributed by atoms with Crippen LogP contribution in [-0.4, -0.2) is 9.78 Å². The van der Waals surface area contributed by atoms with Crippen molar-refractivity contribution in [2.24, 2.45) is 0 Å². The number of benzene rings is 1. The highest BCUT2D eigenvalue weighted by atomic mass is 79.9. The van der Waals surface area contributed by atoms with E-state index < -0.39 is 0 Å². The van der Waals surface area contributed by atoms with Crippen LogP contribution in [0.3, 0.4) is 0 Å². The Morgan fingerprint density at radius 3 is 2.88 bits per heavy atom. The molecule has 0 bridgehead atoms. The number of aryl methyl sites for hydroxylation is 1. The van der Waals surface area contributed by atoms with Crippen molar-refractivity contribution in [2.75, 3.05) is 0 Å². The number of rotatable bonds is 1. The number of aromatic nitrogens is 2. The third-order valence-electron chi connectivity index (χ3n) is 3.21. The van der Waals surface area contributed by atoms with E-state index >= 15 is 0 Å². The van der Waals surface area contributed by atoms with E-state index in [9.17, 15) is 0 Å². The Balaban J connectivity index is 2.21. The topological polar surface area (TPSA) is 17.8 Å². The Labute approximate surface area is 103 Å². The molecule has 2 aromatic rings. The van der Waals surface area contributed by atoms with Crippen LogP contribution in [0, 0.1) is 6.92 Å². The van der Waals surface area contributed by atoms with E-state index in [1.165, 1.54) is 29.8 Å². The molecule has 3 heteroatoms. The lowest BCUT2D eigenvalue weighted by Crippen LogP contribution is -2.01. The molecule has 0 fully saturated rings. The van der Waals surface area contributed by atoms with Gasteiger partial charge >= 0.3 is 0 Å². The maximum absolute atomic E-state index is 4.65. The third-order valence-corrected chi connectivity index (χ3v) is 3.88. The van der Waals surface area contributed by atoms with Crippen LogP contribution in [0.1, 0.15) is 23.4 Å². The van der Waals surface area contributed by atoms with Gasteiger partial charge in [-0.05, 0) is 59.8 Å². The summed E-state index contributed by atoms with van der Waals surface area (Å²) >= 11 is 3.59. The second kappa shape index (κ2) is 3.74. The highest BCUT2D eigenvalue weighted by molar-refractivity contribution is 9.10. The van der Waals surface area contributed by atoms with Crippen LogP contribution in [0.25, 0.3) is 5.69 Å². The molecule has 0 atom stereocenters. The van der Waals surface area contributed by atoms with Gasteiger partial charge in [0.05, 0.1) is 11.4 Å². The van der Waals surface area contributed by atoms with Crippen molar-refractivity contribution < 1.29 is 0 Å². The van der Waals surface area contributed by atoms with Crippen LogP contribution >= 0.6 is 15.9 Å². The van der Waals surface area contributed by atoms with Gasteiger partial charge in [-0.2, -0.15) is 5.10 Å². The molecule has 1 heterocycles. The van der Waals surface area contributed by atoms with Crippen molar-refractivity contribution in [1.29, 1.82) is 0 Å². The summed E-state index contributed by atoms with van der Waals surface area (Å²) in [6.45, 7) is 2.11. The highest BCUT2D eigenvalue weighted by Gasteiger charge is 2.21. The fourth-order valence-corrected chi connectivity index (χ4v) is 2.90. The molecular weight excluding hydrogens is 264 g/mol. The first kappa shape index (κ1) is 10.1. The quantitative estimate of drug-likeness (QED) is 0.780. The van der Waals surface area contributed by atoms with Crippen LogP contribution < -0.4 is 0 Å². The first-order valence-corrected chi connectivity index (χ1v) is 6.39. The van der Waals surface area contributed by atoms with E-state index in [4.69, 9.17) is 0 Å². The smallest absolute Gasteiger partial charge is 0.0790 e. The molecule has 0 amide bonds. The van der Waals surface area contributed by atoms with Gasteiger partial charge in [0.1, 0.15) is 0 Å². The number of fused-ring (bicyclic) bond motifs is 1. The summed E-state index contributed by atoms with van der Waals surface area (Å²) in [5.41, 5.74) is 5.18. The number of hydrogen-bond donors (Lipinski definition) is 0. The van der Waals surface area contributed by atoms with Crippen molar-refractivity contribution in [3.63, 3.8) is 0 Å². The molecule has 82 valence electrons. The molecule has 1 aromatic heterocycles. The summed E-state index contributed by atoms with van der Waals surface area (Å²) in [5, 5.41) is 4.65. The summed E-state index contributed by atoms with van der Waals surface area (Å²) in [5.74, 6) is 0. The van der Waals surface area contributed by atoms with E-state index in [-0.39, 0.29) is 0 Å². The molecule has 0 spiro atoms. The number of halogens is 1. The van der Waals surface area contributed by atoms with Crippen molar-refractivity contribution in [3.05, 3.63) is 45.7 Å². The van der Waals surface area contributed by atoms with Crippen LogP contribution in [0.2, 0.25) is 0 Å². The molecular formula is C13H13BrN2. The lowest BCUT2D eigenvalue weighted by atomic mass is 10.2. The van der Waals surface area contributed by atoms with E-state index in [0.29, 0.717) is 0 Å². The van der Waals surface area contributed by atoms with Gasteiger partial charge in [0.2, 0.25) is 0 Å².